The van der Waals surface area contributed by atoms with Crippen molar-refractivity contribution >= 4 is 25.3 Å². The highest BCUT2D eigenvalue weighted by Gasteiger charge is 2.12. The fourth-order valence-electron chi connectivity index (χ4n) is 1.83. The maximum atomic E-state index is 4.37. The summed E-state index contributed by atoms with van der Waals surface area (Å²) in [6.07, 6.45) is 2.88. The molecule has 0 rings (SSSR count). The largest absolute Gasteiger partial charge is 0.389 e. The topological polar surface area (TPSA) is 43.2 Å². The van der Waals surface area contributed by atoms with Gasteiger partial charge in [-0.2, -0.15) is 12.6 Å². The fourth-order valence-corrected chi connectivity index (χ4v) is 2.09. The normalized spacial score (nSPS) is 13.4. The quantitative estimate of drug-likeness (QED) is 0.236. The van der Waals surface area contributed by atoms with Gasteiger partial charge in [0.05, 0.1) is 6.20 Å². The number of thiol groups is 1. The molecule has 6 heteroatoms. The molecule has 5 nitrogen and oxygen atoms in total. The number of likely N-dealkylation sites (N-methyl/N-ethyl adjacent to an activating group) is 1. The number of hydrogen-bond acceptors (Lipinski definition) is 4. The second kappa shape index (κ2) is 12.1. The van der Waals surface area contributed by atoms with E-state index in [0.29, 0.717) is 12.0 Å². The van der Waals surface area contributed by atoms with Crippen LogP contribution < -0.4 is 5.32 Å². The van der Waals surface area contributed by atoms with Crippen LogP contribution in [-0.2, 0) is 0 Å². The van der Waals surface area contributed by atoms with E-state index >= 15 is 0 Å². The van der Waals surface area contributed by atoms with E-state index in [1.54, 1.807) is 18.0 Å². The summed E-state index contributed by atoms with van der Waals surface area (Å²) in [5.41, 5.74) is 1.01. The Morgan fingerprint density at radius 3 is 2.64 bits per heavy atom. The first-order chi connectivity index (χ1) is 10.5. The molecule has 0 aromatic rings. The van der Waals surface area contributed by atoms with E-state index < -0.39 is 0 Å². The van der Waals surface area contributed by atoms with Gasteiger partial charge in [-0.15, -0.1) is 0 Å². The van der Waals surface area contributed by atoms with E-state index in [1.165, 1.54) is 0 Å². The minimum atomic E-state index is 0.478. The van der Waals surface area contributed by atoms with Gasteiger partial charge in [0.1, 0.15) is 0 Å². The zero-order valence-electron chi connectivity index (χ0n) is 14.4. The monoisotopic (exact) mass is 323 g/mol. The molecule has 124 valence electrons. The molecule has 0 spiro atoms. The lowest BCUT2D eigenvalue weighted by Gasteiger charge is -2.28. The molecular weight excluding hydrogens is 294 g/mol. The molecule has 22 heavy (non-hydrogen) atoms. The van der Waals surface area contributed by atoms with E-state index in [-0.39, 0.29) is 0 Å². The lowest BCUT2D eigenvalue weighted by molar-refractivity contribution is 0.232. The highest BCUT2D eigenvalue weighted by molar-refractivity contribution is 7.80. The molecule has 0 fully saturated rings. The summed E-state index contributed by atoms with van der Waals surface area (Å²) in [6.45, 7) is 11.5. The molecule has 0 saturated heterocycles. The van der Waals surface area contributed by atoms with Crippen molar-refractivity contribution in [1.82, 2.24) is 15.1 Å². The van der Waals surface area contributed by atoms with Crippen molar-refractivity contribution < 1.29 is 0 Å². The Labute approximate surface area is 141 Å². The lowest BCUT2D eigenvalue weighted by atomic mass is 10.2. The van der Waals surface area contributed by atoms with Gasteiger partial charge in [-0.1, -0.05) is 12.8 Å². The summed E-state index contributed by atoms with van der Waals surface area (Å²) in [6, 6.07) is 3.37. The van der Waals surface area contributed by atoms with Crippen molar-refractivity contribution in [1.29, 1.82) is 0 Å². The molecule has 1 N–H and O–H groups in total. The van der Waals surface area contributed by atoms with Crippen molar-refractivity contribution in [3.05, 3.63) is 11.9 Å². The maximum absolute atomic E-state index is 4.37. The van der Waals surface area contributed by atoms with Gasteiger partial charge in [0, 0.05) is 50.7 Å². The van der Waals surface area contributed by atoms with Gasteiger partial charge in [-0.25, -0.2) is 9.98 Å². The molecule has 0 aliphatic carbocycles. The van der Waals surface area contributed by atoms with E-state index in [4.69, 9.17) is 0 Å². The molecule has 0 bridgehead atoms. The van der Waals surface area contributed by atoms with E-state index in [2.05, 4.69) is 65.4 Å². The number of hydrogen-bond donors (Lipinski definition) is 2. The minimum absolute atomic E-state index is 0.478. The molecule has 1 atom stereocenters. The van der Waals surface area contributed by atoms with Crippen molar-refractivity contribution in [3.63, 3.8) is 0 Å². The second-order valence-corrected chi connectivity index (χ2v) is 5.31. The van der Waals surface area contributed by atoms with Crippen LogP contribution in [0.4, 0.5) is 0 Å². The first kappa shape index (κ1) is 20.6. The zero-order chi connectivity index (χ0) is 17.0. The van der Waals surface area contributed by atoms with Crippen molar-refractivity contribution in [2.24, 2.45) is 9.98 Å². The smallest absolute Gasteiger partial charge is 0.236 e. The maximum Gasteiger partial charge on any atom is 0.236 e. The third kappa shape index (κ3) is 7.53. The van der Waals surface area contributed by atoms with Crippen LogP contribution in [0.2, 0.25) is 0 Å². The van der Waals surface area contributed by atoms with Gasteiger partial charge in [0.2, 0.25) is 5.96 Å². The summed E-state index contributed by atoms with van der Waals surface area (Å²) in [5, 5.41) is 3.19. The summed E-state index contributed by atoms with van der Waals surface area (Å²) >= 11 is 4.34. The van der Waals surface area contributed by atoms with Gasteiger partial charge in [-0.3, -0.25) is 9.80 Å². The van der Waals surface area contributed by atoms with Crippen LogP contribution in [0.5, 0.6) is 0 Å². The SMILES string of the molecule is C=N/C(=N\C=C(/CN(CCS)C(C)CC)NC)N(C)C#CC. The van der Waals surface area contributed by atoms with Gasteiger partial charge < -0.3 is 5.32 Å². The number of nitrogens with zero attached hydrogens (tertiary/aromatic N) is 4. The molecule has 0 amide bonds. The second-order valence-electron chi connectivity index (χ2n) is 4.86. The van der Waals surface area contributed by atoms with Crippen LogP contribution in [0.3, 0.4) is 0 Å². The number of rotatable bonds is 8. The Balaban J connectivity index is 5.11. The summed E-state index contributed by atoms with van der Waals surface area (Å²) in [5.74, 6) is 4.12. The fraction of sp³-hybridized carbons (Fsp3) is 0.625. The molecule has 0 aromatic carbocycles. The number of guanidine groups is 1. The molecule has 0 heterocycles. The van der Waals surface area contributed by atoms with Gasteiger partial charge in [0.15, 0.2) is 0 Å². The average Bonchev–Trinajstić information content (AvgIpc) is 2.52. The van der Waals surface area contributed by atoms with Crippen molar-refractivity contribution in [3.8, 4) is 12.0 Å². The summed E-state index contributed by atoms with van der Waals surface area (Å²) < 4.78 is 0. The molecular formula is C16H29N5S. The lowest BCUT2D eigenvalue weighted by Crippen LogP contribution is -2.37. The summed E-state index contributed by atoms with van der Waals surface area (Å²) in [7, 11) is 3.71. The Bertz CT molecular complexity index is 447. The standard InChI is InChI=1S/C16H29N5S/c1-7-9-20(6)16(18-5)19-12-15(17-4)13-21(10-11-22)14(3)8-2/h12,14,17,22H,5,8,10-11,13H2,1-4,6H3/b15-12+,19-16+. The Kier molecular flexibility index (Phi) is 11.3. The zero-order valence-corrected chi connectivity index (χ0v) is 15.3. The van der Waals surface area contributed by atoms with Crippen molar-refractivity contribution in [2.45, 2.75) is 33.2 Å². The van der Waals surface area contributed by atoms with E-state index in [0.717, 1.165) is 31.0 Å². The number of aliphatic imine (C=N–C) groups is 2. The third-order valence-electron chi connectivity index (χ3n) is 3.35. The first-order valence-electron chi connectivity index (χ1n) is 7.46. The Hall–Kier alpha value is -1.45. The predicted octanol–water partition coefficient (Wildman–Crippen LogP) is 2.05. The average molecular weight is 324 g/mol. The van der Waals surface area contributed by atoms with Gasteiger partial charge >= 0.3 is 0 Å². The van der Waals surface area contributed by atoms with E-state index in [9.17, 15) is 0 Å². The van der Waals surface area contributed by atoms with Crippen LogP contribution >= 0.6 is 12.6 Å². The predicted molar refractivity (Wildman–Crippen MR) is 101 cm³/mol. The van der Waals surface area contributed by atoms with Gasteiger partial charge in [0.25, 0.3) is 0 Å². The van der Waals surface area contributed by atoms with E-state index in [1.807, 2.05) is 14.1 Å². The molecule has 1 unspecified atom stereocenters. The Morgan fingerprint density at radius 2 is 2.18 bits per heavy atom. The van der Waals surface area contributed by atoms with Crippen LogP contribution in [0, 0.1) is 12.0 Å². The van der Waals surface area contributed by atoms with Crippen LogP contribution in [0.25, 0.3) is 0 Å². The molecule has 0 aromatic heterocycles. The molecule has 0 aliphatic rings. The van der Waals surface area contributed by atoms with Crippen molar-refractivity contribution in [2.75, 3.05) is 32.9 Å². The van der Waals surface area contributed by atoms with Crippen LogP contribution in [-0.4, -0.2) is 61.5 Å². The first-order valence-corrected chi connectivity index (χ1v) is 8.09. The molecule has 0 radical (unpaired) electrons. The Morgan fingerprint density at radius 1 is 1.50 bits per heavy atom. The molecule has 0 aliphatic heterocycles. The van der Waals surface area contributed by atoms with Crippen LogP contribution in [0.1, 0.15) is 27.2 Å². The molecule has 0 saturated carbocycles. The third-order valence-corrected chi connectivity index (χ3v) is 3.55. The van der Waals surface area contributed by atoms with Gasteiger partial charge in [-0.05, 0) is 27.0 Å². The highest BCUT2D eigenvalue weighted by atomic mass is 32.1. The minimum Gasteiger partial charge on any atom is -0.389 e. The number of nitrogens with one attached hydrogen (secondary N) is 1. The van der Waals surface area contributed by atoms with Crippen LogP contribution in [0.15, 0.2) is 21.9 Å². The summed E-state index contributed by atoms with van der Waals surface area (Å²) in [4.78, 5) is 12.3. The highest BCUT2D eigenvalue weighted by Crippen LogP contribution is 2.07.